The van der Waals surface area contributed by atoms with Gasteiger partial charge in [0.1, 0.15) is 22.8 Å². The minimum absolute atomic E-state index is 0. The van der Waals surface area contributed by atoms with E-state index in [1.807, 2.05) is 0 Å². The molecule has 278 valence electrons. The number of aromatic hydroxyl groups is 2. The molecule has 21 heteroatoms. The number of ketones is 2. The van der Waals surface area contributed by atoms with Crippen LogP contribution < -0.4 is 10.9 Å². The van der Waals surface area contributed by atoms with Gasteiger partial charge in [-0.2, -0.15) is 10.2 Å². The van der Waals surface area contributed by atoms with Gasteiger partial charge in [-0.3, -0.25) is 60.9 Å². The molecule has 0 bridgehead atoms. The predicted molar refractivity (Wildman–Crippen MR) is 195 cm³/mol. The van der Waals surface area contributed by atoms with Crippen molar-refractivity contribution in [2.24, 2.45) is 10.2 Å². The molecule has 0 saturated heterocycles. The molecule has 20 nitrogen and oxygen atoms in total. The summed E-state index contributed by atoms with van der Waals surface area (Å²) in [6.45, 7) is 3.58. The number of nitrogens with zero attached hydrogens (tertiary/aromatic N) is 6. The Kier molecular flexibility index (Phi) is 11.9. The Morgan fingerprint density at radius 2 is 0.891 bits per heavy atom. The molecule has 4 aromatic carbocycles. The Hall–Kier alpha value is -7.63. The van der Waals surface area contributed by atoms with Crippen LogP contribution in [0.4, 0.5) is 34.1 Å². The molecule has 0 heterocycles. The van der Waals surface area contributed by atoms with Crippen molar-refractivity contribution in [3.05, 3.63) is 148 Å². The number of anilines is 2. The third-order valence-electron chi connectivity index (χ3n) is 7.92. The molecule has 0 unspecified atom stereocenters. The molecule has 0 aliphatic heterocycles. The zero-order chi connectivity index (χ0) is 39.4. The minimum Gasteiger partial charge on any atom is -0.501 e. The predicted octanol–water partition coefficient (Wildman–Crippen LogP) is 6.66. The maximum Gasteiger partial charge on any atom is 1.00 e. The van der Waals surface area contributed by atoms with E-state index >= 15 is 0 Å². The van der Waals surface area contributed by atoms with Crippen LogP contribution in [-0.2, 0) is 17.4 Å². The number of hydrogen-bond acceptors (Lipinski definition) is 16. The van der Waals surface area contributed by atoms with Crippen molar-refractivity contribution in [2.45, 2.75) is 13.8 Å². The van der Waals surface area contributed by atoms with Gasteiger partial charge in [0, 0.05) is 40.6 Å². The fourth-order valence-electron chi connectivity index (χ4n) is 5.30. The number of nitro groups is 4. The first-order valence-corrected chi connectivity index (χ1v) is 15.2. The number of benzene rings is 4. The number of phenolic OH excluding ortho intramolecular Hbond substituents is 2. The first kappa shape index (κ1) is 40.1. The SMILES string of the molecule is CC1=C/C(=N/Nc2cc([N+](=O)[O-])cc([N+](=O)[O-])c2O)C(=O)c2ccccc21.CC1=C/C(=N/Nc2cc([N+](=O)[O-])cc([N+](=O)[O-])c2O)C(=O)c2ccccc21.[Cr].[H+]. The van der Waals surface area contributed by atoms with Crippen LogP contribution in [0.1, 0.15) is 47.1 Å². The molecule has 0 saturated carbocycles. The quantitative estimate of drug-likeness (QED) is 0.0824. The van der Waals surface area contributed by atoms with Crippen LogP contribution in [0.2, 0.25) is 0 Å². The number of nitro benzene ring substituents is 4. The average molecular weight is 790 g/mol. The van der Waals surface area contributed by atoms with Crippen LogP contribution in [-0.4, -0.2) is 52.9 Å². The van der Waals surface area contributed by atoms with E-state index in [-0.39, 0.29) is 53.2 Å². The van der Waals surface area contributed by atoms with Crippen molar-refractivity contribution in [1.82, 2.24) is 0 Å². The Bertz CT molecular complexity index is 2300. The summed E-state index contributed by atoms with van der Waals surface area (Å²) in [5.41, 5.74) is 4.96. The van der Waals surface area contributed by atoms with Crippen molar-refractivity contribution in [2.75, 3.05) is 10.9 Å². The van der Waals surface area contributed by atoms with Crippen LogP contribution in [0.25, 0.3) is 11.1 Å². The van der Waals surface area contributed by atoms with E-state index in [9.17, 15) is 60.3 Å². The summed E-state index contributed by atoms with van der Waals surface area (Å²) >= 11 is 0. The normalized spacial score (nSPS) is 14.2. The molecule has 2 aliphatic carbocycles. The third-order valence-corrected chi connectivity index (χ3v) is 7.92. The molecule has 0 atom stereocenters. The van der Waals surface area contributed by atoms with E-state index in [4.69, 9.17) is 0 Å². The van der Waals surface area contributed by atoms with Gasteiger partial charge in [0.05, 0.1) is 31.8 Å². The summed E-state index contributed by atoms with van der Waals surface area (Å²) in [6.07, 6.45) is 3.03. The number of allylic oxidation sites excluding steroid dienone is 4. The summed E-state index contributed by atoms with van der Waals surface area (Å²) < 4.78 is 0. The van der Waals surface area contributed by atoms with Gasteiger partial charge in [0.2, 0.25) is 23.1 Å². The number of nitrogens with one attached hydrogen (secondary N) is 2. The Balaban J connectivity index is 0.000000290. The molecular weight excluding hydrogens is 764 g/mol. The number of hydrazone groups is 2. The number of Topliss-reactive ketones (excluding diaryl/α,β-unsaturated/α-hetero) is 2. The van der Waals surface area contributed by atoms with E-state index in [2.05, 4.69) is 21.1 Å². The smallest absolute Gasteiger partial charge is 0.501 e. The van der Waals surface area contributed by atoms with Gasteiger partial charge in [-0.15, -0.1) is 0 Å². The first-order valence-electron chi connectivity index (χ1n) is 15.2. The third kappa shape index (κ3) is 8.38. The molecule has 0 fully saturated rings. The molecule has 6 rings (SSSR count). The molecule has 0 amide bonds. The second-order valence-corrected chi connectivity index (χ2v) is 11.4. The van der Waals surface area contributed by atoms with E-state index in [0.717, 1.165) is 34.4 Å². The van der Waals surface area contributed by atoms with Crippen molar-refractivity contribution >= 4 is 68.3 Å². The van der Waals surface area contributed by atoms with Gasteiger partial charge in [-0.25, -0.2) is 0 Å². The second kappa shape index (κ2) is 16.4. The van der Waals surface area contributed by atoms with Gasteiger partial charge in [-0.05, 0) is 48.3 Å². The molecular formula is C34H25CrN8O12+. The molecule has 0 aromatic heterocycles. The van der Waals surface area contributed by atoms with Crippen LogP contribution in [0, 0.1) is 40.5 Å². The van der Waals surface area contributed by atoms with Crippen molar-refractivity contribution in [3.63, 3.8) is 0 Å². The van der Waals surface area contributed by atoms with Gasteiger partial charge < -0.3 is 10.2 Å². The number of rotatable bonds is 8. The number of carbonyl (C=O) groups is 2. The summed E-state index contributed by atoms with van der Waals surface area (Å²) in [4.78, 5) is 65.3. The molecule has 55 heavy (non-hydrogen) atoms. The minimum atomic E-state index is -0.952. The second-order valence-electron chi connectivity index (χ2n) is 11.4. The molecule has 4 aromatic rings. The van der Waals surface area contributed by atoms with Crippen LogP contribution >= 0.6 is 0 Å². The fourth-order valence-corrected chi connectivity index (χ4v) is 5.30. The summed E-state index contributed by atoms with van der Waals surface area (Å²) in [6, 6.07) is 16.9. The van der Waals surface area contributed by atoms with E-state index in [1.54, 1.807) is 62.4 Å². The first-order chi connectivity index (χ1) is 25.6. The Labute approximate surface area is 320 Å². The number of hydrogen-bond donors (Lipinski definition) is 4. The van der Waals surface area contributed by atoms with Crippen LogP contribution in [0.3, 0.4) is 0 Å². The Morgan fingerprint density at radius 3 is 1.20 bits per heavy atom. The van der Waals surface area contributed by atoms with Gasteiger partial charge in [0.15, 0.2) is 0 Å². The fraction of sp³-hybridized carbons (Fsp3) is 0.0588. The standard InChI is InChI=1S/2C17H12N4O6.Cr/c2*1-9-6-13(16(22)12-5-3-2-4-11(9)12)18-19-14-7-10(20(24)25)8-15(17(14)23)21(26)27;/h2*2-8,19,23H,1H3;/p+1/b2*18-13-;. The molecule has 0 spiro atoms. The molecule has 0 radical (unpaired) electrons. The topological polar surface area (TPSA) is 296 Å². The summed E-state index contributed by atoms with van der Waals surface area (Å²) in [5, 5.41) is 71.6. The van der Waals surface area contributed by atoms with E-state index < -0.39 is 53.9 Å². The molecule has 2 aliphatic rings. The maximum absolute atomic E-state index is 12.5. The van der Waals surface area contributed by atoms with Crippen molar-refractivity contribution < 1.29 is 58.3 Å². The zero-order valence-corrected chi connectivity index (χ0v) is 29.4. The van der Waals surface area contributed by atoms with Crippen LogP contribution in [0.15, 0.2) is 95.2 Å². The van der Waals surface area contributed by atoms with Gasteiger partial charge >= 0.3 is 12.8 Å². The Morgan fingerprint density at radius 1 is 0.564 bits per heavy atom. The number of carbonyl (C=O) groups excluding carboxylic acids is 2. The number of fused-ring (bicyclic) bond motifs is 2. The number of non-ortho nitro benzene ring substituents is 2. The summed E-state index contributed by atoms with van der Waals surface area (Å²) in [7, 11) is 0. The van der Waals surface area contributed by atoms with E-state index in [0.29, 0.717) is 23.3 Å². The average Bonchev–Trinajstić information content (AvgIpc) is 3.14. The van der Waals surface area contributed by atoms with E-state index in [1.165, 1.54) is 12.2 Å². The maximum atomic E-state index is 12.5. The van der Waals surface area contributed by atoms with Crippen LogP contribution in [0.5, 0.6) is 11.5 Å². The largest absolute Gasteiger partial charge is 1.00 e. The van der Waals surface area contributed by atoms with Crippen molar-refractivity contribution in [1.29, 1.82) is 0 Å². The molecule has 4 N–H and O–H groups in total. The van der Waals surface area contributed by atoms with Gasteiger partial charge in [-0.1, -0.05) is 48.5 Å². The zero-order valence-electron chi connectivity index (χ0n) is 29.2. The summed E-state index contributed by atoms with van der Waals surface area (Å²) in [5.74, 6) is -2.41. The monoisotopic (exact) mass is 789 g/mol. The number of phenols is 2. The van der Waals surface area contributed by atoms with Gasteiger partial charge in [0.25, 0.3) is 11.4 Å². The van der Waals surface area contributed by atoms with Crippen molar-refractivity contribution in [3.8, 4) is 11.5 Å².